The zero-order chi connectivity index (χ0) is 12.3. The Labute approximate surface area is 106 Å². The van der Waals surface area contributed by atoms with Crippen LogP contribution in [0, 0.1) is 5.92 Å². The van der Waals surface area contributed by atoms with Crippen LogP contribution in [0.5, 0.6) is 0 Å². The molecule has 1 N–H and O–H groups in total. The fourth-order valence-electron chi connectivity index (χ4n) is 3.69. The molecule has 0 spiro atoms. The molecule has 2 aliphatic rings. The van der Waals surface area contributed by atoms with Gasteiger partial charge in [-0.15, -0.1) is 0 Å². The van der Waals surface area contributed by atoms with Gasteiger partial charge in [-0.2, -0.15) is 0 Å². The number of aliphatic hydroxyl groups is 1. The van der Waals surface area contributed by atoms with E-state index in [2.05, 4.69) is 18.7 Å². The second kappa shape index (κ2) is 6.19. The lowest BCUT2D eigenvalue weighted by molar-refractivity contribution is -0.00643. The molecule has 2 aliphatic carbocycles. The Morgan fingerprint density at radius 1 is 1.00 bits per heavy atom. The van der Waals surface area contributed by atoms with E-state index in [1.807, 2.05) is 0 Å². The molecule has 0 unspecified atom stereocenters. The van der Waals surface area contributed by atoms with Crippen LogP contribution in [0.4, 0.5) is 0 Å². The Bertz CT molecular complexity index is 223. The summed E-state index contributed by atoms with van der Waals surface area (Å²) >= 11 is 0. The van der Waals surface area contributed by atoms with Crippen LogP contribution in [0.15, 0.2) is 0 Å². The summed E-state index contributed by atoms with van der Waals surface area (Å²) in [5.41, 5.74) is 0. The molecular formula is C15H29NO. The first kappa shape index (κ1) is 13.4. The lowest BCUT2D eigenvalue weighted by Crippen LogP contribution is -2.51. The van der Waals surface area contributed by atoms with Crippen LogP contribution in [0.3, 0.4) is 0 Å². The van der Waals surface area contributed by atoms with Gasteiger partial charge >= 0.3 is 0 Å². The highest BCUT2D eigenvalue weighted by Crippen LogP contribution is 2.31. The maximum absolute atomic E-state index is 10.3. The van der Waals surface area contributed by atoms with E-state index in [-0.39, 0.29) is 6.10 Å². The molecule has 2 saturated carbocycles. The lowest BCUT2D eigenvalue weighted by Gasteiger charge is -2.42. The van der Waals surface area contributed by atoms with E-state index in [1.54, 1.807) is 0 Å². The Morgan fingerprint density at radius 3 is 2.18 bits per heavy atom. The minimum atomic E-state index is -0.0666. The monoisotopic (exact) mass is 239 g/mol. The van der Waals surface area contributed by atoms with E-state index in [1.165, 1.54) is 51.5 Å². The molecule has 100 valence electrons. The summed E-state index contributed by atoms with van der Waals surface area (Å²) in [6.45, 7) is 5.78. The predicted molar refractivity (Wildman–Crippen MR) is 72.1 cm³/mol. The third-order valence-electron chi connectivity index (χ3n) is 4.49. The molecule has 2 nitrogen and oxygen atoms in total. The van der Waals surface area contributed by atoms with Gasteiger partial charge in [-0.05, 0) is 31.6 Å². The topological polar surface area (TPSA) is 23.5 Å². The molecule has 0 aliphatic heterocycles. The molecule has 17 heavy (non-hydrogen) atoms. The van der Waals surface area contributed by atoms with Crippen molar-refractivity contribution in [1.29, 1.82) is 0 Å². The molecule has 0 saturated heterocycles. The summed E-state index contributed by atoms with van der Waals surface area (Å²) in [5, 5.41) is 10.3. The SMILES string of the molecule is CC(C)CN(C1CCCC1)[C@H]1CCCC[C@@H]1O. The van der Waals surface area contributed by atoms with E-state index < -0.39 is 0 Å². The van der Waals surface area contributed by atoms with Gasteiger partial charge in [0.25, 0.3) is 0 Å². The number of nitrogens with zero attached hydrogens (tertiary/aromatic N) is 1. The first-order valence-electron chi connectivity index (χ1n) is 7.62. The fraction of sp³-hybridized carbons (Fsp3) is 1.00. The lowest BCUT2D eigenvalue weighted by atomic mass is 9.89. The largest absolute Gasteiger partial charge is 0.391 e. The second-order valence-electron chi connectivity index (χ2n) is 6.45. The van der Waals surface area contributed by atoms with Gasteiger partial charge in [0, 0.05) is 18.6 Å². The zero-order valence-corrected chi connectivity index (χ0v) is 11.6. The van der Waals surface area contributed by atoms with Crippen LogP contribution in [0.2, 0.25) is 0 Å². The predicted octanol–water partition coefficient (Wildman–Crippen LogP) is 3.19. The Balaban J connectivity index is 2.01. The van der Waals surface area contributed by atoms with E-state index in [0.717, 1.165) is 12.5 Å². The Hall–Kier alpha value is -0.0800. The van der Waals surface area contributed by atoms with Gasteiger partial charge in [0.2, 0.25) is 0 Å². The van der Waals surface area contributed by atoms with Gasteiger partial charge in [0.05, 0.1) is 6.10 Å². The van der Waals surface area contributed by atoms with Crippen LogP contribution in [-0.4, -0.2) is 34.7 Å². The molecule has 0 heterocycles. The van der Waals surface area contributed by atoms with Gasteiger partial charge in [-0.1, -0.05) is 39.5 Å². The first-order valence-corrected chi connectivity index (χ1v) is 7.62. The smallest absolute Gasteiger partial charge is 0.0695 e. The summed E-state index contributed by atoms with van der Waals surface area (Å²) in [5.74, 6) is 0.713. The van der Waals surface area contributed by atoms with Crippen molar-refractivity contribution in [3.05, 3.63) is 0 Å². The summed E-state index contributed by atoms with van der Waals surface area (Å²) in [4.78, 5) is 2.67. The van der Waals surface area contributed by atoms with E-state index >= 15 is 0 Å². The molecule has 0 aromatic rings. The van der Waals surface area contributed by atoms with Gasteiger partial charge in [-0.3, -0.25) is 4.90 Å². The van der Waals surface area contributed by atoms with Gasteiger partial charge in [0.1, 0.15) is 0 Å². The number of hydrogen-bond donors (Lipinski definition) is 1. The summed E-state index contributed by atoms with van der Waals surface area (Å²) in [6.07, 6.45) is 10.2. The molecule has 0 aromatic heterocycles. The number of rotatable bonds is 4. The van der Waals surface area contributed by atoms with Crippen molar-refractivity contribution in [2.45, 2.75) is 83.4 Å². The van der Waals surface area contributed by atoms with Crippen LogP contribution in [-0.2, 0) is 0 Å². The highest BCUT2D eigenvalue weighted by Gasteiger charge is 2.34. The highest BCUT2D eigenvalue weighted by molar-refractivity contribution is 4.89. The van der Waals surface area contributed by atoms with Crippen LogP contribution in [0.1, 0.15) is 65.2 Å². The third-order valence-corrected chi connectivity index (χ3v) is 4.49. The molecule has 2 atom stereocenters. The van der Waals surface area contributed by atoms with Crippen molar-refractivity contribution in [1.82, 2.24) is 4.90 Å². The molecule has 2 rings (SSSR count). The maximum atomic E-state index is 10.3. The van der Waals surface area contributed by atoms with Gasteiger partial charge < -0.3 is 5.11 Å². The van der Waals surface area contributed by atoms with Crippen molar-refractivity contribution in [3.8, 4) is 0 Å². The number of aliphatic hydroxyl groups excluding tert-OH is 1. The molecule has 2 fully saturated rings. The third kappa shape index (κ3) is 3.45. The first-order chi connectivity index (χ1) is 8.18. The van der Waals surface area contributed by atoms with Gasteiger partial charge in [0.15, 0.2) is 0 Å². The average molecular weight is 239 g/mol. The van der Waals surface area contributed by atoms with Crippen molar-refractivity contribution < 1.29 is 5.11 Å². The number of hydrogen-bond acceptors (Lipinski definition) is 2. The second-order valence-corrected chi connectivity index (χ2v) is 6.45. The van der Waals surface area contributed by atoms with E-state index in [0.29, 0.717) is 12.0 Å². The highest BCUT2D eigenvalue weighted by atomic mass is 16.3. The Morgan fingerprint density at radius 2 is 1.59 bits per heavy atom. The molecule has 0 bridgehead atoms. The van der Waals surface area contributed by atoms with Gasteiger partial charge in [-0.25, -0.2) is 0 Å². The molecule has 0 radical (unpaired) electrons. The summed E-state index contributed by atoms with van der Waals surface area (Å²) < 4.78 is 0. The normalized spacial score (nSPS) is 31.6. The minimum absolute atomic E-state index is 0.0666. The summed E-state index contributed by atoms with van der Waals surface area (Å²) in [7, 11) is 0. The van der Waals surface area contributed by atoms with Crippen LogP contribution >= 0.6 is 0 Å². The van der Waals surface area contributed by atoms with Crippen molar-refractivity contribution in [3.63, 3.8) is 0 Å². The Kier molecular flexibility index (Phi) is 4.87. The quantitative estimate of drug-likeness (QED) is 0.814. The van der Waals surface area contributed by atoms with E-state index in [9.17, 15) is 5.11 Å². The van der Waals surface area contributed by atoms with Crippen molar-refractivity contribution >= 4 is 0 Å². The van der Waals surface area contributed by atoms with Crippen molar-refractivity contribution in [2.24, 2.45) is 5.92 Å². The molecule has 0 aromatic carbocycles. The van der Waals surface area contributed by atoms with Crippen LogP contribution in [0.25, 0.3) is 0 Å². The van der Waals surface area contributed by atoms with Crippen molar-refractivity contribution in [2.75, 3.05) is 6.54 Å². The van der Waals surface area contributed by atoms with Crippen LogP contribution < -0.4 is 0 Å². The van der Waals surface area contributed by atoms with E-state index in [4.69, 9.17) is 0 Å². The summed E-state index contributed by atoms with van der Waals surface area (Å²) in [6, 6.07) is 1.21. The molecule has 2 heteroatoms. The molecular weight excluding hydrogens is 210 g/mol. The zero-order valence-electron chi connectivity index (χ0n) is 11.6. The standard InChI is InChI=1S/C15H29NO/c1-12(2)11-16(13-7-3-4-8-13)14-9-5-6-10-15(14)17/h12-15,17H,3-11H2,1-2H3/t14-,15-/m0/s1. The maximum Gasteiger partial charge on any atom is 0.0695 e. The average Bonchev–Trinajstić information content (AvgIpc) is 2.80. The molecule has 0 amide bonds. The minimum Gasteiger partial charge on any atom is -0.391 e. The fourth-order valence-corrected chi connectivity index (χ4v) is 3.69.